The normalized spacial score (nSPS) is 14.7. The summed E-state index contributed by atoms with van der Waals surface area (Å²) in [6.07, 6.45) is 2.73. The number of para-hydroxylation sites is 2. The van der Waals surface area contributed by atoms with E-state index in [1.54, 1.807) is 31.0 Å². The molecule has 1 aromatic heterocycles. The molecule has 43 heavy (non-hydrogen) atoms. The minimum Gasteiger partial charge on any atom is -0.493 e. The van der Waals surface area contributed by atoms with Gasteiger partial charge in [-0.25, -0.2) is 5.01 Å². The van der Waals surface area contributed by atoms with Gasteiger partial charge < -0.3 is 14.0 Å². The first-order valence-electron chi connectivity index (χ1n) is 14.1. The number of hydrogen-bond acceptors (Lipinski definition) is 5. The third-order valence-corrected chi connectivity index (χ3v) is 9.23. The van der Waals surface area contributed by atoms with Gasteiger partial charge in [0.2, 0.25) is 0 Å². The molecular weight excluding hydrogens is 622 g/mol. The lowest BCUT2D eigenvalue weighted by molar-refractivity contribution is -0.130. The van der Waals surface area contributed by atoms with E-state index in [1.165, 1.54) is 11.1 Å². The SMILES string of the molecule is COc1cccc(C2CC(c3ccc(Br)cc3)=NN2C(=O)CSc2cn(Cc3cccc(C)c3)c3ccccc23)c1OC. The van der Waals surface area contributed by atoms with Crippen molar-refractivity contribution in [2.45, 2.75) is 30.8 Å². The molecule has 2 heterocycles. The van der Waals surface area contributed by atoms with Crippen LogP contribution in [0.15, 0.2) is 112 Å². The second-order valence-corrected chi connectivity index (χ2v) is 12.4. The fraction of sp³-hybridized carbons (Fsp3) is 0.200. The van der Waals surface area contributed by atoms with Crippen LogP contribution in [0.5, 0.6) is 11.5 Å². The van der Waals surface area contributed by atoms with Crippen LogP contribution in [-0.4, -0.2) is 41.2 Å². The molecule has 6 rings (SSSR count). The van der Waals surface area contributed by atoms with E-state index in [1.807, 2.05) is 48.5 Å². The van der Waals surface area contributed by atoms with Gasteiger partial charge in [-0.2, -0.15) is 5.10 Å². The molecule has 6 nitrogen and oxygen atoms in total. The molecule has 1 aliphatic rings. The molecule has 218 valence electrons. The Morgan fingerprint density at radius 1 is 0.977 bits per heavy atom. The molecule has 0 N–H and O–H groups in total. The number of aryl methyl sites for hydroxylation is 1. The minimum absolute atomic E-state index is 0.0671. The van der Waals surface area contributed by atoms with Gasteiger partial charge in [-0.1, -0.05) is 88.2 Å². The number of hydrazone groups is 1. The third kappa shape index (κ3) is 6.08. The molecule has 4 aromatic carbocycles. The van der Waals surface area contributed by atoms with Gasteiger partial charge >= 0.3 is 0 Å². The van der Waals surface area contributed by atoms with Crippen molar-refractivity contribution in [3.05, 3.63) is 124 Å². The quantitative estimate of drug-likeness (QED) is 0.150. The maximum absolute atomic E-state index is 14.0. The number of methoxy groups -OCH3 is 2. The van der Waals surface area contributed by atoms with Gasteiger partial charge in [0.25, 0.3) is 5.91 Å². The predicted octanol–water partition coefficient (Wildman–Crippen LogP) is 8.25. The predicted molar refractivity (Wildman–Crippen MR) is 177 cm³/mol. The number of halogens is 1. The molecule has 1 amide bonds. The van der Waals surface area contributed by atoms with Gasteiger partial charge in [0.05, 0.1) is 31.7 Å². The highest BCUT2D eigenvalue weighted by molar-refractivity contribution is 9.10. The number of carbonyl (C=O) groups is 1. The zero-order valence-electron chi connectivity index (χ0n) is 24.3. The van der Waals surface area contributed by atoms with Crippen LogP contribution in [0.25, 0.3) is 10.9 Å². The molecule has 0 saturated carbocycles. The summed E-state index contributed by atoms with van der Waals surface area (Å²) < 4.78 is 14.6. The number of benzene rings is 4. The van der Waals surface area contributed by atoms with E-state index in [-0.39, 0.29) is 17.7 Å². The first-order valence-corrected chi connectivity index (χ1v) is 15.9. The molecule has 1 atom stereocenters. The second-order valence-electron chi connectivity index (χ2n) is 10.5. The number of nitrogens with zero attached hydrogens (tertiary/aromatic N) is 3. The van der Waals surface area contributed by atoms with Crippen LogP contribution in [0.1, 0.15) is 34.7 Å². The Balaban J connectivity index is 1.30. The van der Waals surface area contributed by atoms with Gasteiger partial charge in [0.1, 0.15) is 0 Å². The van der Waals surface area contributed by atoms with Gasteiger partial charge in [-0.3, -0.25) is 4.79 Å². The summed E-state index contributed by atoms with van der Waals surface area (Å²) in [5, 5.41) is 7.66. The number of carbonyl (C=O) groups excluding carboxylic acids is 1. The molecule has 1 unspecified atom stereocenters. The summed E-state index contributed by atoms with van der Waals surface area (Å²) in [4.78, 5) is 15.0. The standard InChI is InChI=1S/C35H32BrN3O3S/c1-23-8-6-9-24(18-23)20-38-21-33(27-10-4-5-12-30(27)38)43-22-34(40)39-31(28-11-7-13-32(41-2)35(28)42-3)19-29(37-39)25-14-16-26(36)17-15-25/h4-18,21,31H,19-20,22H2,1-3H3. The van der Waals surface area contributed by atoms with Gasteiger partial charge in [-0.05, 0) is 42.3 Å². The molecular formula is C35H32BrN3O3S. The van der Waals surface area contributed by atoms with Gasteiger partial charge in [-0.15, -0.1) is 11.8 Å². The van der Waals surface area contributed by atoms with Crippen molar-refractivity contribution in [2.75, 3.05) is 20.0 Å². The number of hydrogen-bond donors (Lipinski definition) is 0. The Morgan fingerprint density at radius 2 is 1.77 bits per heavy atom. The summed E-state index contributed by atoms with van der Waals surface area (Å²) in [6, 6.07) is 30.4. The Morgan fingerprint density at radius 3 is 2.53 bits per heavy atom. The molecule has 0 radical (unpaired) electrons. The van der Waals surface area contributed by atoms with Crippen LogP contribution in [0.3, 0.4) is 0 Å². The summed E-state index contributed by atoms with van der Waals surface area (Å²) in [6.45, 7) is 2.88. The number of rotatable bonds is 9. The highest BCUT2D eigenvalue weighted by atomic mass is 79.9. The number of ether oxygens (including phenoxy) is 2. The number of aromatic nitrogens is 1. The Labute approximate surface area is 264 Å². The van der Waals surface area contributed by atoms with Crippen molar-refractivity contribution in [1.29, 1.82) is 0 Å². The Kier molecular flexibility index (Phi) is 8.58. The van der Waals surface area contributed by atoms with E-state index < -0.39 is 0 Å². The highest BCUT2D eigenvalue weighted by Crippen LogP contribution is 2.42. The van der Waals surface area contributed by atoms with Crippen molar-refractivity contribution < 1.29 is 14.3 Å². The molecule has 0 bridgehead atoms. The van der Waals surface area contributed by atoms with Crippen molar-refractivity contribution in [3.8, 4) is 11.5 Å². The molecule has 0 saturated heterocycles. The van der Waals surface area contributed by atoms with Crippen LogP contribution in [0, 0.1) is 6.92 Å². The number of amides is 1. The molecule has 0 spiro atoms. The third-order valence-electron chi connectivity index (χ3n) is 7.67. The zero-order chi connectivity index (χ0) is 29.9. The van der Waals surface area contributed by atoms with Gasteiger partial charge in [0.15, 0.2) is 11.5 Å². The fourth-order valence-corrected chi connectivity index (χ4v) is 6.85. The van der Waals surface area contributed by atoms with Crippen molar-refractivity contribution in [2.24, 2.45) is 5.10 Å². The summed E-state index contributed by atoms with van der Waals surface area (Å²) in [5.74, 6) is 1.42. The lowest BCUT2D eigenvalue weighted by Gasteiger charge is -2.24. The topological polar surface area (TPSA) is 56.1 Å². The maximum Gasteiger partial charge on any atom is 0.253 e. The number of thioether (sulfide) groups is 1. The van der Waals surface area contributed by atoms with Crippen molar-refractivity contribution >= 4 is 50.2 Å². The molecule has 1 aliphatic heterocycles. The smallest absolute Gasteiger partial charge is 0.253 e. The van der Waals surface area contributed by atoms with Crippen LogP contribution in [0.2, 0.25) is 0 Å². The fourth-order valence-electron chi connectivity index (χ4n) is 5.65. The van der Waals surface area contributed by atoms with E-state index in [0.717, 1.165) is 43.7 Å². The maximum atomic E-state index is 14.0. The van der Waals surface area contributed by atoms with Gasteiger partial charge in [0, 0.05) is 45.0 Å². The molecule has 0 fully saturated rings. The van der Waals surface area contributed by atoms with E-state index >= 15 is 0 Å². The first-order chi connectivity index (χ1) is 20.9. The van der Waals surface area contributed by atoms with Crippen molar-refractivity contribution in [1.82, 2.24) is 9.58 Å². The van der Waals surface area contributed by atoms with Crippen LogP contribution >= 0.6 is 27.7 Å². The van der Waals surface area contributed by atoms with E-state index in [0.29, 0.717) is 17.9 Å². The van der Waals surface area contributed by atoms with Crippen LogP contribution in [0.4, 0.5) is 0 Å². The summed E-state index contributed by atoms with van der Waals surface area (Å²) in [5.41, 5.74) is 6.34. The van der Waals surface area contributed by atoms with E-state index in [9.17, 15) is 4.79 Å². The average molecular weight is 655 g/mol. The monoisotopic (exact) mass is 653 g/mol. The Hall–Kier alpha value is -4.01. The molecule has 8 heteroatoms. The first kappa shape index (κ1) is 29.1. The van der Waals surface area contributed by atoms with Crippen LogP contribution in [-0.2, 0) is 11.3 Å². The molecule has 0 aliphatic carbocycles. The number of fused-ring (bicyclic) bond motifs is 1. The summed E-state index contributed by atoms with van der Waals surface area (Å²) in [7, 11) is 3.25. The largest absolute Gasteiger partial charge is 0.493 e. The second kappa shape index (κ2) is 12.7. The average Bonchev–Trinajstić information content (AvgIpc) is 3.62. The van der Waals surface area contributed by atoms with Crippen LogP contribution < -0.4 is 9.47 Å². The highest BCUT2D eigenvalue weighted by Gasteiger charge is 2.35. The zero-order valence-corrected chi connectivity index (χ0v) is 26.7. The minimum atomic E-state index is -0.320. The Bertz CT molecular complexity index is 1820. The lowest BCUT2D eigenvalue weighted by atomic mass is 9.97. The lowest BCUT2D eigenvalue weighted by Crippen LogP contribution is -2.28. The van der Waals surface area contributed by atoms with Crippen molar-refractivity contribution in [3.63, 3.8) is 0 Å². The van der Waals surface area contributed by atoms with E-state index in [2.05, 4.69) is 76.1 Å². The molecule has 5 aromatic rings. The summed E-state index contributed by atoms with van der Waals surface area (Å²) >= 11 is 5.07. The van der Waals surface area contributed by atoms with E-state index in [4.69, 9.17) is 14.6 Å².